The second-order valence-corrected chi connectivity index (χ2v) is 5.41. The van der Waals surface area contributed by atoms with Gasteiger partial charge in [0.2, 0.25) is 0 Å². The molecule has 0 aliphatic carbocycles. The molecule has 0 saturated heterocycles. The standard InChI is InChI=1S/C18H17FN2/c1-11-8-13(3)18-14(9-11)12(2)10-17(21-18)20-16-7-5-4-6-15(16)19/h4-10H,1-3H3,(H,20,21). The molecule has 21 heavy (non-hydrogen) atoms. The van der Waals surface area contributed by atoms with Crippen molar-refractivity contribution in [1.29, 1.82) is 0 Å². The van der Waals surface area contributed by atoms with Crippen LogP contribution in [0.4, 0.5) is 15.9 Å². The van der Waals surface area contributed by atoms with E-state index in [1.54, 1.807) is 18.2 Å². The molecule has 2 nitrogen and oxygen atoms in total. The smallest absolute Gasteiger partial charge is 0.146 e. The predicted molar refractivity (Wildman–Crippen MR) is 85.6 cm³/mol. The van der Waals surface area contributed by atoms with Gasteiger partial charge in [-0.25, -0.2) is 9.37 Å². The number of fused-ring (bicyclic) bond motifs is 1. The summed E-state index contributed by atoms with van der Waals surface area (Å²) in [5, 5.41) is 4.21. The third kappa shape index (κ3) is 2.59. The van der Waals surface area contributed by atoms with Crippen LogP contribution in [0.25, 0.3) is 10.9 Å². The van der Waals surface area contributed by atoms with E-state index < -0.39 is 0 Å². The van der Waals surface area contributed by atoms with Crippen LogP contribution in [0.3, 0.4) is 0 Å². The van der Waals surface area contributed by atoms with Gasteiger partial charge in [0.1, 0.15) is 11.6 Å². The van der Waals surface area contributed by atoms with Crippen LogP contribution >= 0.6 is 0 Å². The molecule has 1 aromatic heterocycles. The van der Waals surface area contributed by atoms with Gasteiger partial charge in [-0.15, -0.1) is 0 Å². The van der Waals surface area contributed by atoms with Gasteiger partial charge in [-0.3, -0.25) is 0 Å². The number of anilines is 2. The Balaban J connectivity index is 2.11. The van der Waals surface area contributed by atoms with Crippen LogP contribution in [0.15, 0.2) is 42.5 Å². The van der Waals surface area contributed by atoms with Crippen molar-refractivity contribution in [3.05, 3.63) is 65.0 Å². The van der Waals surface area contributed by atoms with E-state index in [1.165, 1.54) is 11.6 Å². The van der Waals surface area contributed by atoms with Crippen molar-refractivity contribution in [2.24, 2.45) is 0 Å². The third-order valence-corrected chi connectivity index (χ3v) is 3.59. The number of rotatable bonds is 2. The van der Waals surface area contributed by atoms with Gasteiger partial charge >= 0.3 is 0 Å². The summed E-state index contributed by atoms with van der Waals surface area (Å²) in [5.41, 5.74) is 4.88. The highest BCUT2D eigenvalue weighted by Gasteiger charge is 2.08. The maximum atomic E-state index is 13.7. The molecule has 3 rings (SSSR count). The van der Waals surface area contributed by atoms with E-state index in [4.69, 9.17) is 0 Å². The highest BCUT2D eigenvalue weighted by molar-refractivity contribution is 5.87. The molecule has 0 aliphatic heterocycles. The molecule has 2 aromatic carbocycles. The largest absolute Gasteiger partial charge is 0.338 e. The fourth-order valence-corrected chi connectivity index (χ4v) is 2.61. The minimum Gasteiger partial charge on any atom is -0.338 e. The van der Waals surface area contributed by atoms with Crippen molar-refractivity contribution in [2.75, 3.05) is 5.32 Å². The number of para-hydroxylation sites is 1. The second kappa shape index (κ2) is 5.17. The van der Waals surface area contributed by atoms with Gasteiger partial charge in [-0.05, 0) is 56.2 Å². The van der Waals surface area contributed by atoms with Gasteiger partial charge in [0.05, 0.1) is 11.2 Å². The molecule has 3 heteroatoms. The lowest BCUT2D eigenvalue weighted by Gasteiger charge is -2.12. The molecule has 0 radical (unpaired) electrons. The zero-order chi connectivity index (χ0) is 15.0. The fraction of sp³-hybridized carbons (Fsp3) is 0.167. The van der Waals surface area contributed by atoms with Crippen LogP contribution in [-0.2, 0) is 0 Å². The first kappa shape index (κ1) is 13.6. The van der Waals surface area contributed by atoms with E-state index in [0.717, 1.165) is 22.0 Å². The van der Waals surface area contributed by atoms with Crippen LogP contribution in [0.5, 0.6) is 0 Å². The topological polar surface area (TPSA) is 24.9 Å². The van der Waals surface area contributed by atoms with Gasteiger partial charge in [0, 0.05) is 5.39 Å². The number of halogens is 1. The van der Waals surface area contributed by atoms with Gasteiger partial charge in [-0.2, -0.15) is 0 Å². The van der Waals surface area contributed by atoms with Crippen molar-refractivity contribution in [3.8, 4) is 0 Å². The zero-order valence-corrected chi connectivity index (χ0v) is 12.4. The number of benzene rings is 2. The summed E-state index contributed by atoms with van der Waals surface area (Å²) in [4.78, 5) is 4.64. The number of hydrogen-bond donors (Lipinski definition) is 1. The van der Waals surface area contributed by atoms with Gasteiger partial charge in [0.15, 0.2) is 0 Å². The Morgan fingerprint density at radius 2 is 1.71 bits per heavy atom. The Morgan fingerprint density at radius 3 is 2.48 bits per heavy atom. The second-order valence-electron chi connectivity index (χ2n) is 5.41. The maximum absolute atomic E-state index is 13.7. The van der Waals surface area contributed by atoms with Crippen LogP contribution < -0.4 is 5.32 Å². The SMILES string of the molecule is Cc1cc(C)c2nc(Nc3ccccc3F)cc(C)c2c1. The first-order valence-corrected chi connectivity index (χ1v) is 6.95. The lowest BCUT2D eigenvalue weighted by molar-refractivity contribution is 0.632. The summed E-state index contributed by atoms with van der Waals surface area (Å²) in [6.45, 7) is 6.18. The molecule has 0 amide bonds. The molecule has 0 aliphatic rings. The lowest BCUT2D eigenvalue weighted by atomic mass is 10.0. The first-order chi connectivity index (χ1) is 10.0. The van der Waals surface area contributed by atoms with Crippen molar-refractivity contribution in [3.63, 3.8) is 0 Å². The van der Waals surface area contributed by atoms with E-state index in [-0.39, 0.29) is 5.82 Å². The number of nitrogens with zero attached hydrogens (tertiary/aromatic N) is 1. The Labute approximate surface area is 123 Å². The summed E-state index contributed by atoms with van der Waals surface area (Å²) >= 11 is 0. The third-order valence-electron chi connectivity index (χ3n) is 3.59. The number of hydrogen-bond acceptors (Lipinski definition) is 2. The number of aromatic nitrogens is 1. The molecule has 0 unspecified atom stereocenters. The van der Waals surface area contributed by atoms with Gasteiger partial charge in [-0.1, -0.05) is 23.8 Å². The normalized spacial score (nSPS) is 10.9. The Bertz CT molecular complexity index is 825. The van der Waals surface area contributed by atoms with Crippen molar-refractivity contribution < 1.29 is 4.39 Å². The predicted octanol–water partition coefficient (Wildman–Crippen LogP) is 5.04. The molecule has 0 spiro atoms. The molecule has 0 atom stereocenters. The van der Waals surface area contributed by atoms with Crippen LogP contribution in [0.2, 0.25) is 0 Å². The lowest BCUT2D eigenvalue weighted by Crippen LogP contribution is -1.98. The van der Waals surface area contributed by atoms with E-state index >= 15 is 0 Å². The average molecular weight is 280 g/mol. The van der Waals surface area contributed by atoms with Crippen molar-refractivity contribution >= 4 is 22.4 Å². The zero-order valence-electron chi connectivity index (χ0n) is 12.4. The number of nitrogens with one attached hydrogen (secondary N) is 1. The molecule has 106 valence electrons. The Kier molecular flexibility index (Phi) is 3.34. The van der Waals surface area contributed by atoms with E-state index in [9.17, 15) is 4.39 Å². The summed E-state index contributed by atoms with van der Waals surface area (Å²) in [7, 11) is 0. The van der Waals surface area contributed by atoms with Crippen LogP contribution in [0.1, 0.15) is 16.7 Å². The molecule has 0 bridgehead atoms. The van der Waals surface area contributed by atoms with Crippen LogP contribution in [-0.4, -0.2) is 4.98 Å². The summed E-state index contributed by atoms with van der Waals surface area (Å²) in [6, 6.07) is 12.8. The van der Waals surface area contributed by atoms with E-state index in [0.29, 0.717) is 11.5 Å². The Morgan fingerprint density at radius 1 is 0.952 bits per heavy atom. The molecule has 1 heterocycles. The summed E-state index contributed by atoms with van der Waals surface area (Å²) < 4.78 is 13.7. The summed E-state index contributed by atoms with van der Waals surface area (Å²) in [6.07, 6.45) is 0. The molecule has 3 aromatic rings. The molecule has 1 N–H and O–H groups in total. The fourth-order valence-electron chi connectivity index (χ4n) is 2.61. The maximum Gasteiger partial charge on any atom is 0.146 e. The van der Waals surface area contributed by atoms with Gasteiger partial charge in [0.25, 0.3) is 0 Å². The number of pyridine rings is 1. The molecular formula is C18H17FN2. The average Bonchev–Trinajstić information content (AvgIpc) is 2.43. The van der Waals surface area contributed by atoms with Crippen molar-refractivity contribution in [1.82, 2.24) is 4.98 Å². The highest BCUT2D eigenvalue weighted by Crippen LogP contribution is 2.26. The molecule has 0 saturated carbocycles. The molecule has 0 fully saturated rings. The van der Waals surface area contributed by atoms with Crippen LogP contribution in [0, 0.1) is 26.6 Å². The number of aryl methyl sites for hydroxylation is 3. The summed E-state index contributed by atoms with van der Waals surface area (Å²) in [5.74, 6) is 0.384. The first-order valence-electron chi connectivity index (χ1n) is 6.95. The highest BCUT2D eigenvalue weighted by atomic mass is 19.1. The molecular weight excluding hydrogens is 263 g/mol. The Hall–Kier alpha value is -2.42. The van der Waals surface area contributed by atoms with Gasteiger partial charge < -0.3 is 5.32 Å². The minimum atomic E-state index is -0.280. The quantitative estimate of drug-likeness (QED) is 0.711. The monoisotopic (exact) mass is 280 g/mol. The van der Waals surface area contributed by atoms with E-state index in [2.05, 4.69) is 43.2 Å². The minimum absolute atomic E-state index is 0.280. The van der Waals surface area contributed by atoms with E-state index in [1.807, 2.05) is 6.07 Å². The van der Waals surface area contributed by atoms with Crippen molar-refractivity contribution in [2.45, 2.75) is 20.8 Å².